The fraction of sp³-hybridized carbons (Fsp3) is 0.333. The molecule has 2 heteroatoms. The molecule has 20 heavy (non-hydrogen) atoms. The molecule has 0 amide bonds. The highest BCUT2D eigenvalue weighted by molar-refractivity contribution is 5.47. The van der Waals surface area contributed by atoms with Gasteiger partial charge >= 0.3 is 0 Å². The van der Waals surface area contributed by atoms with Crippen LogP contribution < -0.4 is 10.1 Å². The molecular formula is C18H23NO. The van der Waals surface area contributed by atoms with E-state index >= 15 is 0 Å². The van der Waals surface area contributed by atoms with Crippen LogP contribution in [-0.2, 0) is 6.42 Å². The Labute approximate surface area is 121 Å². The topological polar surface area (TPSA) is 21.3 Å². The minimum atomic E-state index is 0.327. The summed E-state index contributed by atoms with van der Waals surface area (Å²) in [4.78, 5) is 0. The number of nitrogens with one attached hydrogen (secondary N) is 1. The van der Waals surface area contributed by atoms with Crippen LogP contribution in [-0.4, -0.2) is 7.11 Å². The molecule has 0 aliphatic heterocycles. The monoisotopic (exact) mass is 269 g/mol. The van der Waals surface area contributed by atoms with Gasteiger partial charge in [0.15, 0.2) is 0 Å². The molecule has 2 rings (SSSR count). The molecule has 2 aromatic rings. The van der Waals surface area contributed by atoms with E-state index in [4.69, 9.17) is 4.74 Å². The molecule has 0 aliphatic rings. The molecule has 0 fully saturated rings. The molecule has 0 aliphatic carbocycles. The second-order valence-electron chi connectivity index (χ2n) is 4.93. The highest BCUT2D eigenvalue weighted by Gasteiger charge is 2.09. The summed E-state index contributed by atoms with van der Waals surface area (Å²) in [6, 6.07) is 17.3. The lowest BCUT2D eigenvalue weighted by Gasteiger charge is -2.19. The van der Waals surface area contributed by atoms with Crippen molar-refractivity contribution >= 4 is 5.69 Å². The van der Waals surface area contributed by atoms with E-state index in [1.807, 2.05) is 12.1 Å². The van der Waals surface area contributed by atoms with Gasteiger partial charge in [0, 0.05) is 5.69 Å². The molecule has 1 N–H and O–H groups in total. The molecule has 1 unspecified atom stereocenters. The van der Waals surface area contributed by atoms with Gasteiger partial charge in [-0.25, -0.2) is 0 Å². The second kappa shape index (κ2) is 6.99. The van der Waals surface area contributed by atoms with E-state index < -0.39 is 0 Å². The average molecular weight is 269 g/mol. The molecule has 0 bridgehead atoms. The van der Waals surface area contributed by atoms with E-state index in [0.717, 1.165) is 18.6 Å². The largest absolute Gasteiger partial charge is 0.497 e. The van der Waals surface area contributed by atoms with E-state index in [1.54, 1.807) is 7.11 Å². The van der Waals surface area contributed by atoms with Gasteiger partial charge in [0.25, 0.3) is 0 Å². The maximum atomic E-state index is 5.21. The van der Waals surface area contributed by atoms with Gasteiger partial charge in [0.1, 0.15) is 5.75 Å². The van der Waals surface area contributed by atoms with Crippen molar-refractivity contribution in [3.63, 3.8) is 0 Å². The Hall–Kier alpha value is -1.96. The van der Waals surface area contributed by atoms with Crippen LogP contribution in [0.5, 0.6) is 5.75 Å². The molecule has 2 aromatic carbocycles. The third-order valence-electron chi connectivity index (χ3n) is 3.63. The van der Waals surface area contributed by atoms with Crippen LogP contribution in [0, 0.1) is 0 Å². The number of anilines is 1. The summed E-state index contributed by atoms with van der Waals surface area (Å²) in [7, 11) is 1.69. The van der Waals surface area contributed by atoms with Crippen LogP contribution in [0.3, 0.4) is 0 Å². The van der Waals surface area contributed by atoms with Gasteiger partial charge in [0.05, 0.1) is 13.2 Å². The van der Waals surface area contributed by atoms with Crippen molar-refractivity contribution in [2.24, 2.45) is 0 Å². The molecule has 0 aromatic heterocycles. The summed E-state index contributed by atoms with van der Waals surface area (Å²) < 4.78 is 5.21. The molecule has 1 atom stereocenters. The van der Waals surface area contributed by atoms with Crippen molar-refractivity contribution < 1.29 is 4.74 Å². The number of benzene rings is 2. The Morgan fingerprint density at radius 1 is 0.950 bits per heavy atom. The zero-order chi connectivity index (χ0) is 14.4. The van der Waals surface area contributed by atoms with Crippen LogP contribution in [0.25, 0.3) is 0 Å². The smallest absolute Gasteiger partial charge is 0.118 e. The van der Waals surface area contributed by atoms with E-state index in [9.17, 15) is 0 Å². The zero-order valence-electron chi connectivity index (χ0n) is 12.5. The maximum Gasteiger partial charge on any atom is 0.118 e. The van der Waals surface area contributed by atoms with E-state index in [2.05, 4.69) is 55.6 Å². The summed E-state index contributed by atoms with van der Waals surface area (Å²) in [6.45, 7) is 4.37. The Bertz CT molecular complexity index is 516. The Balaban J connectivity index is 2.10. The number of ether oxygens (including phenoxy) is 1. The third-order valence-corrected chi connectivity index (χ3v) is 3.63. The van der Waals surface area contributed by atoms with Gasteiger partial charge < -0.3 is 10.1 Å². The standard InChI is InChI=1S/C18H23NO/c1-4-14-6-10-16(11-7-14)19-18(5-2)15-8-12-17(20-3)13-9-15/h6-13,18-19H,4-5H2,1-3H3. The molecule has 0 radical (unpaired) electrons. The molecule has 0 spiro atoms. The predicted octanol–water partition coefficient (Wildman–Crippen LogP) is 4.82. The van der Waals surface area contributed by atoms with Gasteiger partial charge in [-0.3, -0.25) is 0 Å². The summed E-state index contributed by atoms with van der Waals surface area (Å²) in [5.41, 5.74) is 3.82. The predicted molar refractivity (Wildman–Crippen MR) is 85.5 cm³/mol. The fourth-order valence-electron chi connectivity index (χ4n) is 2.30. The van der Waals surface area contributed by atoms with Gasteiger partial charge in [-0.2, -0.15) is 0 Å². The molecule has 106 valence electrons. The average Bonchev–Trinajstić information content (AvgIpc) is 2.53. The lowest BCUT2D eigenvalue weighted by Crippen LogP contribution is -2.09. The first-order chi connectivity index (χ1) is 9.76. The highest BCUT2D eigenvalue weighted by atomic mass is 16.5. The van der Waals surface area contributed by atoms with E-state index in [0.29, 0.717) is 6.04 Å². The van der Waals surface area contributed by atoms with Crippen LogP contribution in [0.1, 0.15) is 37.4 Å². The zero-order valence-corrected chi connectivity index (χ0v) is 12.5. The van der Waals surface area contributed by atoms with Crippen molar-refractivity contribution in [3.8, 4) is 5.75 Å². The van der Waals surface area contributed by atoms with Crippen LogP contribution in [0.2, 0.25) is 0 Å². The normalized spacial score (nSPS) is 11.9. The summed E-state index contributed by atoms with van der Waals surface area (Å²) in [5, 5.41) is 3.59. The quantitative estimate of drug-likeness (QED) is 0.811. The van der Waals surface area contributed by atoms with Crippen molar-refractivity contribution in [1.82, 2.24) is 0 Å². The van der Waals surface area contributed by atoms with Crippen molar-refractivity contribution in [1.29, 1.82) is 0 Å². The van der Waals surface area contributed by atoms with Crippen LogP contribution in [0.15, 0.2) is 48.5 Å². The molecule has 2 nitrogen and oxygen atoms in total. The summed E-state index contributed by atoms with van der Waals surface area (Å²) in [5.74, 6) is 0.899. The Morgan fingerprint density at radius 2 is 1.60 bits per heavy atom. The summed E-state index contributed by atoms with van der Waals surface area (Å²) >= 11 is 0. The Kier molecular flexibility index (Phi) is 5.05. The fourth-order valence-corrected chi connectivity index (χ4v) is 2.30. The lowest BCUT2D eigenvalue weighted by molar-refractivity contribution is 0.414. The Morgan fingerprint density at radius 3 is 2.10 bits per heavy atom. The van der Waals surface area contributed by atoms with Crippen molar-refractivity contribution in [2.75, 3.05) is 12.4 Å². The number of hydrogen-bond acceptors (Lipinski definition) is 2. The number of rotatable bonds is 6. The maximum absolute atomic E-state index is 5.21. The minimum Gasteiger partial charge on any atom is -0.497 e. The molecular weight excluding hydrogens is 246 g/mol. The number of methoxy groups -OCH3 is 1. The van der Waals surface area contributed by atoms with Crippen LogP contribution >= 0.6 is 0 Å². The molecule has 0 saturated heterocycles. The van der Waals surface area contributed by atoms with Crippen molar-refractivity contribution in [2.45, 2.75) is 32.7 Å². The molecule has 0 saturated carbocycles. The van der Waals surface area contributed by atoms with E-state index in [-0.39, 0.29) is 0 Å². The van der Waals surface area contributed by atoms with Gasteiger partial charge in [-0.05, 0) is 48.2 Å². The lowest BCUT2D eigenvalue weighted by atomic mass is 10.0. The van der Waals surface area contributed by atoms with Gasteiger partial charge in [-0.1, -0.05) is 38.1 Å². The minimum absolute atomic E-state index is 0.327. The third kappa shape index (κ3) is 3.53. The molecule has 0 heterocycles. The highest BCUT2D eigenvalue weighted by Crippen LogP contribution is 2.24. The SMILES string of the molecule is CCc1ccc(NC(CC)c2ccc(OC)cc2)cc1. The van der Waals surface area contributed by atoms with Crippen LogP contribution in [0.4, 0.5) is 5.69 Å². The first-order valence-electron chi connectivity index (χ1n) is 7.26. The second-order valence-corrected chi connectivity index (χ2v) is 4.93. The van der Waals surface area contributed by atoms with E-state index in [1.165, 1.54) is 16.8 Å². The number of hydrogen-bond donors (Lipinski definition) is 1. The summed E-state index contributed by atoms with van der Waals surface area (Å²) in [6.07, 6.45) is 2.12. The first-order valence-corrected chi connectivity index (χ1v) is 7.26. The van der Waals surface area contributed by atoms with Gasteiger partial charge in [0.2, 0.25) is 0 Å². The van der Waals surface area contributed by atoms with Gasteiger partial charge in [-0.15, -0.1) is 0 Å². The number of aryl methyl sites for hydroxylation is 1. The van der Waals surface area contributed by atoms with Crippen molar-refractivity contribution in [3.05, 3.63) is 59.7 Å². The first kappa shape index (κ1) is 14.4.